The zero-order valence-corrected chi connectivity index (χ0v) is 17.8. The van der Waals surface area contributed by atoms with Gasteiger partial charge in [0.2, 0.25) is 0 Å². The number of Topliss-reactive ketones (excluding diaryl/α,β-unsaturated/α-hetero) is 2. The monoisotopic (exact) mass is 372 g/mol. The maximum atomic E-state index is 12.6. The number of rotatable bonds is 5. The van der Waals surface area contributed by atoms with Crippen LogP contribution in [-0.4, -0.2) is 50.3 Å². The average molecular weight is 373 g/mol. The van der Waals surface area contributed by atoms with Crippen LogP contribution < -0.4 is 0 Å². The normalized spacial score (nSPS) is 28.6. The van der Waals surface area contributed by atoms with Gasteiger partial charge in [0, 0.05) is 19.8 Å². The molecule has 1 aliphatic heterocycles. The van der Waals surface area contributed by atoms with E-state index in [0.29, 0.717) is 0 Å². The Labute approximate surface area is 151 Å². The van der Waals surface area contributed by atoms with Gasteiger partial charge in [0.05, 0.1) is 6.61 Å². The van der Waals surface area contributed by atoms with E-state index in [-0.39, 0.29) is 42.7 Å². The Bertz CT molecular complexity index is 550. The minimum Gasteiger partial charge on any atom is -0.462 e. The first-order valence-corrected chi connectivity index (χ1v) is 11.6. The summed E-state index contributed by atoms with van der Waals surface area (Å²) in [6.07, 6.45) is 0.179. The third-order valence-electron chi connectivity index (χ3n) is 5.27. The quantitative estimate of drug-likeness (QED) is 0.545. The van der Waals surface area contributed by atoms with Crippen molar-refractivity contribution in [3.05, 3.63) is 0 Å². The van der Waals surface area contributed by atoms with Gasteiger partial charge >= 0.3 is 5.97 Å². The second kappa shape index (κ2) is 7.29. The van der Waals surface area contributed by atoms with Crippen molar-refractivity contribution in [2.24, 2.45) is 0 Å². The van der Waals surface area contributed by atoms with E-state index >= 15 is 0 Å². The molecule has 0 aliphatic carbocycles. The Balaban J connectivity index is 3.03. The van der Waals surface area contributed by atoms with E-state index in [2.05, 4.69) is 33.9 Å². The number of ketones is 2. The summed E-state index contributed by atoms with van der Waals surface area (Å²) in [5.74, 6) is -0.892. The molecule has 0 saturated carbocycles. The molecule has 1 saturated heterocycles. The van der Waals surface area contributed by atoms with Gasteiger partial charge in [-0.05, 0) is 32.0 Å². The van der Waals surface area contributed by atoms with E-state index in [4.69, 9.17) is 13.9 Å². The van der Waals surface area contributed by atoms with Crippen molar-refractivity contribution in [2.75, 3.05) is 13.2 Å². The minimum atomic E-state index is -2.08. The predicted molar refractivity (Wildman–Crippen MR) is 96.9 cm³/mol. The van der Waals surface area contributed by atoms with E-state index in [1.165, 1.54) is 6.92 Å². The first kappa shape index (κ1) is 22.0. The molecule has 0 radical (unpaired) electrons. The van der Waals surface area contributed by atoms with Gasteiger partial charge in [-0.1, -0.05) is 20.8 Å². The fourth-order valence-corrected chi connectivity index (χ4v) is 3.43. The Morgan fingerprint density at radius 1 is 1.08 bits per heavy atom. The molecule has 7 heteroatoms. The maximum Gasteiger partial charge on any atom is 0.302 e. The Hall–Kier alpha value is -1.05. The van der Waals surface area contributed by atoms with E-state index in [0.717, 1.165) is 0 Å². The van der Waals surface area contributed by atoms with Crippen molar-refractivity contribution in [3.8, 4) is 0 Å². The highest BCUT2D eigenvalue weighted by molar-refractivity contribution is 6.74. The summed E-state index contributed by atoms with van der Waals surface area (Å²) in [7, 11) is -2.08. The highest BCUT2D eigenvalue weighted by atomic mass is 28.4. The van der Waals surface area contributed by atoms with E-state index in [1.54, 1.807) is 13.8 Å². The summed E-state index contributed by atoms with van der Waals surface area (Å²) in [6, 6.07) is 0. The van der Waals surface area contributed by atoms with Crippen molar-refractivity contribution < 1.29 is 28.3 Å². The van der Waals surface area contributed by atoms with Crippen LogP contribution in [0.2, 0.25) is 18.1 Å². The summed E-state index contributed by atoms with van der Waals surface area (Å²) in [5, 5.41) is -0.00595. The highest BCUT2D eigenvalue weighted by Crippen LogP contribution is 2.38. The molecule has 1 fully saturated rings. The lowest BCUT2D eigenvalue weighted by Gasteiger charge is -2.41. The van der Waals surface area contributed by atoms with Crippen LogP contribution in [0.25, 0.3) is 0 Å². The number of ether oxygens (including phenoxy) is 2. The molecule has 0 spiro atoms. The summed E-state index contributed by atoms with van der Waals surface area (Å²) < 4.78 is 17.2. The summed E-state index contributed by atoms with van der Waals surface area (Å²) in [5.41, 5.74) is -2.58. The lowest BCUT2D eigenvalue weighted by Crippen LogP contribution is -2.54. The highest BCUT2D eigenvalue weighted by Gasteiger charge is 2.50. The first-order chi connectivity index (χ1) is 11.1. The van der Waals surface area contributed by atoms with Crippen LogP contribution in [0.15, 0.2) is 0 Å². The molecule has 0 aromatic carbocycles. The van der Waals surface area contributed by atoms with Gasteiger partial charge in [0.25, 0.3) is 0 Å². The van der Waals surface area contributed by atoms with Gasteiger partial charge in [-0.2, -0.15) is 0 Å². The Kier molecular flexibility index (Phi) is 6.41. The predicted octanol–water partition coefficient (Wildman–Crippen LogP) is 3.04. The Morgan fingerprint density at radius 3 is 1.92 bits per heavy atom. The zero-order valence-electron chi connectivity index (χ0n) is 16.8. The lowest BCUT2D eigenvalue weighted by molar-refractivity contribution is -0.188. The smallest absolute Gasteiger partial charge is 0.302 e. The third-order valence-corrected chi connectivity index (χ3v) is 9.75. The topological polar surface area (TPSA) is 78.9 Å². The molecule has 0 unspecified atom stereocenters. The molecule has 1 rings (SSSR count). The lowest BCUT2D eigenvalue weighted by atomic mass is 9.97. The maximum absolute atomic E-state index is 12.6. The van der Waals surface area contributed by atoms with Crippen LogP contribution in [0.1, 0.15) is 54.4 Å². The van der Waals surface area contributed by atoms with Gasteiger partial charge in [-0.25, -0.2) is 0 Å². The fourth-order valence-electron chi connectivity index (χ4n) is 2.36. The van der Waals surface area contributed by atoms with Crippen LogP contribution in [0.3, 0.4) is 0 Å². The van der Waals surface area contributed by atoms with Crippen LogP contribution in [-0.2, 0) is 28.3 Å². The fraction of sp³-hybridized carbons (Fsp3) is 0.833. The van der Waals surface area contributed by atoms with Gasteiger partial charge in [-0.15, -0.1) is 0 Å². The largest absolute Gasteiger partial charge is 0.462 e. The summed E-state index contributed by atoms with van der Waals surface area (Å²) >= 11 is 0. The van der Waals surface area contributed by atoms with E-state index in [1.807, 2.05) is 0 Å². The molecular formula is C18H32O6Si. The van der Waals surface area contributed by atoms with Crippen LogP contribution in [0.4, 0.5) is 0 Å². The minimum absolute atomic E-state index is 0.00595. The summed E-state index contributed by atoms with van der Waals surface area (Å²) in [6.45, 7) is 14.9. The number of esters is 1. The van der Waals surface area contributed by atoms with E-state index < -0.39 is 25.5 Å². The number of carbonyl (C=O) groups is 3. The van der Waals surface area contributed by atoms with Crippen LogP contribution in [0, 0.1) is 0 Å². The van der Waals surface area contributed by atoms with Crippen LogP contribution in [0.5, 0.6) is 0 Å². The van der Waals surface area contributed by atoms with Crippen molar-refractivity contribution in [1.29, 1.82) is 0 Å². The van der Waals surface area contributed by atoms with Gasteiger partial charge < -0.3 is 13.9 Å². The SMILES string of the molecule is CC(=O)OC[C@@]1(C)O[C@@](C)(CO[Si](C)(C)C(C)(C)C)C(=O)CCC1=O. The first-order valence-electron chi connectivity index (χ1n) is 8.67. The molecule has 0 aromatic heterocycles. The number of hydrogen-bond acceptors (Lipinski definition) is 6. The van der Waals surface area contributed by atoms with Crippen molar-refractivity contribution in [2.45, 2.75) is 83.7 Å². The van der Waals surface area contributed by atoms with Gasteiger partial charge in [-0.3, -0.25) is 14.4 Å². The molecule has 144 valence electrons. The van der Waals surface area contributed by atoms with Crippen molar-refractivity contribution in [1.82, 2.24) is 0 Å². The van der Waals surface area contributed by atoms with Gasteiger partial charge in [0.15, 0.2) is 25.5 Å². The van der Waals surface area contributed by atoms with Gasteiger partial charge in [0.1, 0.15) is 12.2 Å². The Morgan fingerprint density at radius 2 is 1.52 bits per heavy atom. The third kappa shape index (κ3) is 5.21. The van der Waals surface area contributed by atoms with Crippen molar-refractivity contribution in [3.63, 3.8) is 0 Å². The second-order valence-corrected chi connectivity index (χ2v) is 13.5. The molecule has 0 amide bonds. The molecule has 6 nitrogen and oxygen atoms in total. The molecule has 1 aliphatic rings. The van der Waals surface area contributed by atoms with Crippen molar-refractivity contribution >= 4 is 25.9 Å². The zero-order chi connectivity index (χ0) is 19.7. The average Bonchev–Trinajstić information content (AvgIpc) is 2.54. The molecule has 1 heterocycles. The standard InChI is InChI=1S/C18H32O6Si/c1-13(19)22-11-17(5)14(20)9-10-15(21)18(6,24-17)12-23-25(7,8)16(2,3)4/h9-12H2,1-8H3/t17-,18+/m1/s1. The number of hydrogen-bond donors (Lipinski definition) is 0. The molecule has 0 N–H and O–H groups in total. The summed E-state index contributed by atoms with van der Waals surface area (Å²) in [4.78, 5) is 36.2. The number of carbonyl (C=O) groups excluding carboxylic acids is 3. The molecular weight excluding hydrogens is 340 g/mol. The molecule has 0 aromatic rings. The second-order valence-electron chi connectivity index (χ2n) is 8.74. The molecule has 25 heavy (non-hydrogen) atoms. The van der Waals surface area contributed by atoms with E-state index in [9.17, 15) is 14.4 Å². The van der Waals surface area contributed by atoms with Crippen LogP contribution >= 0.6 is 0 Å². The molecule has 2 atom stereocenters. The molecule has 0 bridgehead atoms.